The number of esters is 1. The number of rotatable bonds is 3. The molecule has 1 atom stereocenters. The topological polar surface area (TPSA) is 64.6 Å². The number of ether oxygens (including phenoxy) is 2. The number of hydrogen-bond donors (Lipinski definition) is 1. The van der Waals surface area contributed by atoms with E-state index in [9.17, 15) is 9.59 Å². The number of dihydropyridines is 1. The van der Waals surface area contributed by atoms with E-state index in [4.69, 9.17) is 9.47 Å². The summed E-state index contributed by atoms with van der Waals surface area (Å²) in [5.41, 5.74) is 4.62. The number of Topliss-reactive ketones (excluding diaryl/α,β-unsaturated/α-hetero) is 1. The Morgan fingerprint density at radius 2 is 1.67 bits per heavy atom. The van der Waals surface area contributed by atoms with Crippen molar-refractivity contribution < 1.29 is 19.1 Å². The lowest BCUT2D eigenvalue weighted by atomic mass is 9.79. The van der Waals surface area contributed by atoms with E-state index in [1.807, 2.05) is 55.5 Å². The first kappa shape index (κ1) is 17.1. The van der Waals surface area contributed by atoms with Crippen LogP contribution in [0.4, 0.5) is 0 Å². The molecule has 2 aromatic carbocycles. The Labute approximate surface area is 157 Å². The van der Waals surface area contributed by atoms with E-state index in [0.717, 1.165) is 16.8 Å². The number of carbonyl (C=O) groups is 2. The van der Waals surface area contributed by atoms with Crippen LogP contribution in [0, 0.1) is 0 Å². The molecule has 0 amide bonds. The molecular weight excluding hydrogens is 342 g/mol. The van der Waals surface area contributed by atoms with Crippen molar-refractivity contribution in [1.29, 1.82) is 0 Å². The average molecular weight is 361 g/mol. The van der Waals surface area contributed by atoms with Crippen molar-refractivity contribution in [2.75, 3.05) is 14.2 Å². The standard InChI is InChI=1S/C22H19NO4/c1-12-17(22(25)27-3)18(15-10-6-7-11-16(15)26-2)19-20(23-12)13-8-4-5-9-14(13)21(19)24/h4-11,18,23H,1-3H3/t18-/m0/s1. The van der Waals surface area contributed by atoms with E-state index in [-0.39, 0.29) is 5.78 Å². The van der Waals surface area contributed by atoms with Crippen molar-refractivity contribution >= 4 is 17.4 Å². The quantitative estimate of drug-likeness (QED) is 0.849. The predicted molar refractivity (Wildman–Crippen MR) is 101 cm³/mol. The number of carbonyl (C=O) groups excluding carboxylic acids is 2. The summed E-state index contributed by atoms with van der Waals surface area (Å²) in [5.74, 6) is -0.497. The van der Waals surface area contributed by atoms with Gasteiger partial charge in [0.25, 0.3) is 0 Å². The van der Waals surface area contributed by atoms with Gasteiger partial charge in [-0.05, 0) is 13.0 Å². The maximum Gasteiger partial charge on any atom is 0.336 e. The van der Waals surface area contributed by atoms with E-state index in [0.29, 0.717) is 28.2 Å². The predicted octanol–water partition coefficient (Wildman–Crippen LogP) is 3.44. The summed E-state index contributed by atoms with van der Waals surface area (Å²) in [6, 6.07) is 14.9. The third-order valence-electron chi connectivity index (χ3n) is 5.10. The molecule has 2 aliphatic rings. The van der Waals surface area contributed by atoms with E-state index in [1.165, 1.54) is 7.11 Å². The molecule has 1 aliphatic heterocycles. The molecule has 0 unspecified atom stereocenters. The van der Waals surface area contributed by atoms with Crippen LogP contribution >= 0.6 is 0 Å². The fourth-order valence-corrected chi connectivity index (χ4v) is 3.93. The molecular formula is C22H19NO4. The Morgan fingerprint density at radius 3 is 2.37 bits per heavy atom. The largest absolute Gasteiger partial charge is 0.496 e. The summed E-state index contributed by atoms with van der Waals surface area (Å²) in [6.45, 7) is 1.82. The molecule has 5 heteroatoms. The minimum atomic E-state index is -0.565. The zero-order valence-electron chi connectivity index (χ0n) is 15.3. The minimum absolute atomic E-state index is 0.0853. The van der Waals surface area contributed by atoms with Crippen LogP contribution in [0.2, 0.25) is 0 Å². The molecule has 136 valence electrons. The van der Waals surface area contributed by atoms with Crippen LogP contribution in [0.25, 0.3) is 5.70 Å². The van der Waals surface area contributed by atoms with Crippen molar-refractivity contribution in [2.45, 2.75) is 12.8 Å². The highest BCUT2D eigenvalue weighted by Gasteiger charge is 2.43. The van der Waals surface area contributed by atoms with E-state index in [1.54, 1.807) is 7.11 Å². The Balaban J connectivity index is 1.99. The molecule has 0 saturated heterocycles. The molecule has 1 heterocycles. The maximum atomic E-state index is 13.3. The van der Waals surface area contributed by atoms with Gasteiger partial charge in [-0.15, -0.1) is 0 Å². The number of nitrogens with one attached hydrogen (secondary N) is 1. The first-order chi connectivity index (χ1) is 13.1. The fourth-order valence-electron chi connectivity index (χ4n) is 3.93. The van der Waals surface area contributed by atoms with E-state index >= 15 is 0 Å². The molecule has 1 N–H and O–H groups in total. The Morgan fingerprint density at radius 1 is 1.00 bits per heavy atom. The molecule has 0 radical (unpaired) electrons. The molecule has 2 aromatic rings. The Hall–Kier alpha value is -3.34. The summed E-state index contributed by atoms with van der Waals surface area (Å²) < 4.78 is 10.6. The van der Waals surface area contributed by atoms with Gasteiger partial charge in [-0.1, -0.05) is 42.5 Å². The molecule has 0 aromatic heterocycles. The number of fused-ring (bicyclic) bond motifs is 2. The summed E-state index contributed by atoms with van der Waals surface area (Å²) in [5, 5.41) is 3.26. The van der Waals surface area contributed by atoms with Gasteiger partial charge in [0.2, 0.25) is 0 Å². The summed E-state index contributed by atoms with van der Waals surface area (Å²) in [6.07, 6.45) is 0. The van der Waals surface area contributed by atoms with Gasteiger partial charge in [-0.2, -0.15) is 0 Å². The number of hydrogen-bond acceptors (Lipinski definition) is 5. The highest BCUT2D eigenvalue weighted by molar-refractivity contribution is 6.23. The average Bonchev–Trinajstić information content (AvgIpc) is 2.98. The van der Waals surface area contributed by atoms with Crippen molar-refractivity contribution in [3.05, 3.63) is 82.1 Å². The second-order valence-electron chi connectivity index (χ2n) is 6.49. The van der Waals surface area contributed by atoms with Crippen LogP contribution in [-0.2, 0) is 9.53 Å². The normalized spacial score (nSPS) is 18.0. The molecule has 1 aliphatic carbocycles. The van der Waals surface area contributed by atoms with Gasteiger partial charge in [0.05, 0.1) is 31.4 Å². The Bertz CT molecular complexity index is 1030. The van der Waals surface area contributed by atoms with Crippen LogP contribution < -0.4 is 10.1 Å². The molecule has 0 fully saturated rings. The van der Waals surface area contributed by atoms with Gasteiger partial charge in [-0.3, -0.25) is 4.79 Å². The van der Waals surface area contributed by atoms with Crippen LogP contribution in [0.5, 0.6) is 5.75 Å². The van der Waals surface area contributed by atoms with Gasteiger partial charge in [-0.25, -0.2) is 4.79 Å². The SMILES string of the molecule is COC(=O)C1=C(C)NC2=C(C(=O)c3ccccc32)[C@H]1c1ccccc1OC. The van der Waals surface area contributed by atoms with Crippen LogP contribution in [-0.4, -0.2) is 26.0 Å². The molecule has 0 bridgehead atoms. The zero-order valence-corrected chi connectivity index (χ0v) is 15.3. The number of para-hydroxylation sites is 1. The second-order valence-corrected chi connectivity index (χ2v) is 6.49. The maximum absolute atomic E-state index is 13.3. The molecule has 27 heavy (non-hydrogen) atoms. The van der Waals surface area contributed by atoms with Gasteiger partial charge in [0, 0.05) is 28.0 Å². The lowest BCUT2D eigenvalue weighted by Gasteiger charge is -2.29. The van der Waals surface area contributed by atoms with Gasteiger partial charge >= 0.3 is 5.97 Å². The third-order valence-corrected chi connectivity index (χ3v) is 5.10. The highest BCUT2D eigenvalue weighted by atomic mass is 16.5. The molecule has 5 nitrogen and oxygen atoms in total. The van der Waals surface area contributed by atoms with Crippen LogP contribution in [0.1, 0.15) is 34.3 Å². The fraction of sp³-hybridized carbons (Fsp3) is 0.182. The van der Waals surface area contributed by atoms with E-state index in [2.05, 4.69) is 5.32 Å². The van der Waals surface area contributed by atoms with Gasteiger partial charge < -0.3 is 14.8 Å². The lowest BCUT2D eigenvalue weighted by molar-refractivity contribution is -0.136. The van der Waals surface area contributed by atoms with Crippen molar-refractivity contribution in [3.8, 4) is 5.75 Å². The molecule has 0 spiro atoms. The highest BCUT2D eigenvalue weighted by Crippen LogP contribution is 2.48. The van der Waals surface area contributed by atoms with E-state index < -0.39 is 11.9 Å². The Kier molecular flexibility index (Phi) is 4.07. The monoisotopic (exact) mass is 361 g/mol. The summed E-state index contributed by atoms with van der Waals surface area (Å²) in [7, 11) is 2.92. The van der Waals surface area contributed by atoms with Gasteiger partial charge in [0.15, 0.2) is 5.78 Å². The minimum Gasteiger partial charge on any atom is -0.496 e. The van der Waals surface area contributed by atoms with Crippen LogP contribution in [0.3, 0.4) is 0 Å². The van der Waals surface area contributed by atoms with Crippen molar-refractivity contribution in [1.82, 2.24) is 5.32 Å². The number of ketones is 1. The van der Waals surface area contributed by atoms with Crippen molar-refractivity contribution in [3.63, 3.8) is 0 Å². The number of benzene rings is 2. The molecule has 4 rings (SSSR count). The number of allylic oxidation sites excluding steroid dienone is 2. The zero-order chi connectivity index (χ0) is 19.1. The lowest BCUT2D eigenvalue weighted by Crippen LogP contribution is -2.29. The first-order valence-corrected chi connectivity index (χ1v) is 8.65. The third kappa shape index (κ3) is 2.46. The summed E-state index contributed by atoms with van der Waals surface area (Å²) in [4.78, 5) is 25.9. The smallest absolute Gasteiger partial charge is 0.336 e. The second kappa shape index (κ2) is 6.43. The first-order valence-electron chi connectivity index (χ1n) is 8.65. The van der Waals surface area contributed by atoms with Gasteiger partial charge in [0.1, 0.15) is 5.75 Å². The van der Waals surface area contributed by atoms with Crippen LogP contribution in [0.15, 0.2) is 65.4 Å². The number of methoxy groups -OCH3 is 2. The summed E-state index contributed by atoms with van der Waals surface area (Å²) >= 11 is 0. The molecule has 0 saturated carbocycles. The van der Waals surface area contributed by atoms with Crippen molar-refractivity contribution in [2.24, 2.45) is 0 Å².